The highest BCUT2D eigenvalue weighted by Crippen LogP contribution is 2.15. The van der Waals surface area contributed by atoms with E-state index in [1.54, 1.807) is 31.2 Å². The van der Waals surface area contributed by atoms with Crippen molar-refractivity contribution in [2.75, 3.05) is 6.54 Å². The molecule has 0 aliphatic heterocycles. The van der Waals surface area contributed by atoms with Gasteiger partial charge in [-0.25, -0.2) is 8.42 Å². The maximum atomic E-state index is 11.8. The largest absolute Gasteiger partial charge is 0.329 e. The molecule has 1 aromatic carbocycles. The number of sulfone groups is 1. The molecule has 0 saturated heterocycles. The number of aryl methyl sites for hydroxylation is 1. The summed E-state index contributed by atoms with van der Waals surface area (Å²) in [7, 11) is -3.23. The van der Waals surface area contributed by atoms with Crippen molar-refractivity contribution in [1.29, 1.82) is 0 Å². The first-order valence-corrected chi connectivity index (χ1v) is 6.03. The van der Waals surface area contributed by atoms with Crippen LogP contribution < -0.4 is 5.73 Å². The molecule has 0 spiro atoms. The van der Waals surface area contributed by atoms with Gasteiger partial charge in [0.2, 0.25) is 0 Å². The summed E-state index contributed by atoms with van der Waals surface area (Å²) in [6.45, 7) is 3.69. The van der Waals surface area contributed by atoms with Gasteiger partial charge in [0.25, 0.3) is 0 Å². The van der Waals surface area contributed by atoms with Crippen molar-refractivity contribution in [2.45, 2.75) is 24.0 Å². The summed E-state index contributed by atoms with van der Waals surface area (Å²) < 4.78 is 23.6. The Hall–Kier alpha value is -0.870. The quantitative estimate of drug-likeness (QED) is 0.818. The third kappa shape index (κ3) is 2.13. The van der Waals surface area contributed by atoms with Crippen molar-refractivity contribution < 1.29 is 8.42 Å². The zero-order valence-electron chi connectivity index (χ0n) is 8.40. The van der Waals surface area contributed by atoms with Gasteiger partial charge in [-0.1, -0.05) is 17.7 Å². The van der Waals surface area contributed by atoms with E-state index in [-0.39, 0.29) is 6.54 Å². The molecule has 0 aliphatic carbocycles. The Balaban J connectivity index is 3.11. The molecule has 0 heterocycles. The summed E-state index contributed by atoms with van der Waals surface area (Å²) in [5, 5.41) is -0.523. The molecule has 1 rings (SSSR count). The molecule has 3 nitrogen and oxygen atoms in total. The molecule has 0 aromatic heterocycles. The molecule has 0 amide bonds. The first kappa shape index (κ1) is 11.2. The molecule has 1 atom stereocenters. The maximum absolute atomic E-state index is 11.8. The van der Waals surface area contributed by atoms with E-state index in [0.717, 1.165) is 5.56 Å². The first-order chi connectivity index (χ1) is 6.48. The fourth-order valence-electron chi connectivity index (χ4n) is 1.09. The topological polar surface area (TPSA) is 60.2 Å². The van der Waals surface area contributed by atoms with Crippen molar-refractivity contribution in [1.82, 2.24) is 0 Å². The zero-order chi connectivity index (χ0) is 10.8. The molecule has 0 aliphatic rings. The summed E-state index contributed by atoms with van der Waals surface area (Å²) in [4.78, 5) is 0.348. The molecule has 14 heavy (non-hydrogen) atoms. The normalized spacial score (nSPS) is 13.9. The molecule has 1 unspecified atom stereocenters. The summed E-state index contributed by atoms with van der Waals surface area (Å²) in [6, 6.07) is 6.82. The van der Waals surface area contributed by atoms with Crippen LogP contribution in [0.3, 0.4) is 0 Å². The Morgan fingerprint density at radius 3 is 2.21 bits per heavy atom. The highest BCUT2D eigenvalue weighted by Gasteiger charge is 2.21. The summed E-state index contributed by atoms with van der Waals surface area (Å²) >= 11 is 0. The van der Waals surface area contributed by atoms with Gasteiger partial charge in [-0.2, -0.15) is 0 Å². The molecule has 0 saturated carbocycles. The third-order valence-electron chi connectivity index (χ3n) is 2.21. The number of hydrogen-bond acceptors (Lipinski definition) is 3. The van der Waals surface area contributed by atoms with Crippen LogP contribution in [0.4, 0.5) is 0 Å². The second-order valence-corrected chi connectivity index (χ2v) is 5.77. The van der Waals surface area contributed by atoms with Gasteiger partial charge in [-0.05, 0) is 26.0 Å². The Morgan fingerprint density at radius 2 is 1.79 bits per heavy atom. The summed E-state index contributed by atoms with van der Waals surface area (Å²) in [5.74, 6) is 0. The minimum absolute atomic E-state index is 0.149. The monoisotopic (exact) mass is 213 g/mol. The van der Waals surface area contributed by atoms with Crippen LogP contribution in [0, 0.1) is 6.92 Å². The fourth-order valence-corrected chi connectivity index (χ4v) is 2.32. The number of hydrogen-bond donors (Lipinski definition) is 1. The second-order valence-electron chi connectivity index (χ2n) is 3.40. The molecule has 0 bridgehead atoms. The Kier molecular flexibility index (Phi) is 3.29. The van der Waals surface area contributed by atoms with Crippen molar-refractivity contribution in [3.63, 3.8) is 0 Å². The van der Waals surface area contributed by atoms with Crippen LogP contribution in [0.5, 0.6) is 0 Å². The van der Waals surface area contributed by atoms with Crippen LogP contribution in [0.2, 0.25) is 0 Å². The van der Waals surface area contributed by atoms with Gasteiger partial charge in [-0.15, -0.1) is 0 Å². The van der Waals surface area contributed by atoms with E-state index in [2.05, 4.69) is 0 Å². The zero-order valence-corrected chi connectivity index (χ0v) is 9.21. The molecule has 0 fully saturated rings. The van der Waals surface area contributed by atoms with Gasteiger partial charge in [0.05, 0.1) is 10.1 Å². The van der Waals surface area contributed by atoms with Crippen LogP contribution in [0.15, 0.2) is 29.2 Å². The fraction of sp³-hybridized carbons (Fsp3) is 0.400. The number of nitrogens with two attached hydrogens (primary N) is 1. The van der Waals surface area contributed by atoms with E-state index in [4.69, 9.17) is 5.73 Å². The molecule has 4 heteroatoms. The lowest BCUT2D eigenvalue weighted by molar-refractivity contribution is 0.584. The van der Waals surface area contributed by atoms with E-state index >= 15 is 0 Å². The second kappa shape index (κ2) is 4.11. The van der Waals surface area contributed by atoms with Gasteiger partial charge < -0.3 is 5.73 Å². The highest BCUT2D eigenvalue weighted by molar-refractivity contribution is 7.92. The Labute approximate surface area is 84.9 Å². The van der Waals surface area contributed by atoms with Crippen LogP contribution in [0.1, 0.15) is 12.5 Å². The van der Waals surface area contributed by atoms with E-state index in [1.165, 1.54) is 0 Å². The van der Waals surface area contributed by atoms with Crippen LogP contribution >= 0.6 is 0 Å². The van der Waals surface area contributed by atoms with E-state index < -0.39 is 15.1 Å². The smallest absolute Gasteiger partial charge is 0.182 e. The first-order valence-electron chi connectivity index (χ1n) is 4.49. The van der Waals surface area contributed by atoms with Gasteiger partial charge in [-0.3, -0.25) is 0 Å². The SMILES string of the molecule is Cc1ccc(S(=O)(=O)C(C)CN)cc1. The lowest BCUT2D eigenvalue weighted by Crippen LogP contribution is -2.26. The highest BCUT2D eigenvalue weighted by atomic mass is 32.2. The molecule has 1 aromatic rings. The van der Waals surface area contributed by atoms with Crippen molar-refractivity contribution >= 4 is 9.84 Å². The average Bonchev–Trinajstić information content (AvgIpc) is 2.17. The van der Waals surface area contributed by atoms with E-state index in [0.29, 0.717) is 4.90 Å². The standard InChI is InChI=1S/C10H15NO2S/c1-8-3-5-10(6-4-8)14(12,13)9(2)7-11/h3-6,9H,7,11H2,1-2H3. The van der Waals surface area contributed by atoms with Crippen molar-refractivity contribution in [3.8, 4) is 0 Å². The van der Waals surface area contributed by atoms with Crippen LogP contribution in [-0.4, -0.2) is 20.2 Å². The predicted molar refractivity (Wildman–Crippen MR) is 56.9 cm³/mol. The van der Waals surface area contributed by atoms with Crippen molar-refractivity contribution in [3.05, 3.63) is 29.8 Å². The van der Waals surface area contributed by atoms with E-state index in [9.17, 15) is 8.42 Å². The number of rotatable bonds is 3. The van der Waals surface area contributed by atoms with Gasteiger partial charge >= 0.3 is 0 Å². The van der Waals surface area contributed by atoms with Crippen LogP contribution in [0.25, 0.3) is 0 Å². The molecule has 78 valence electrons. The lowest BCUT2D eigenvalue weighted by Gasteiger charge is -2.10. The van der Waals surface area contributed by atoms with Crippen LogP contribution in [-0.2, 0) is 9.84 Å². The molecule has 2 N–H and O–H groups in total. The average molecular weight is 213 g/mol. The van der Waals surface area contributed by atoms with E-state index in [1.807, 2.05) is 6.92 Å². The molecule has 0 radical (unpaired) electrons. The molecular weight excluding hydrogens is 198 g/mol. The summed E-state index contributed by atoms with van der Waals surface area (Å²) in [5.41, 5.74) is 6.39. The molecular formula is C10H15NO2S. The Bertz CT molecular complexity index is 395. The minimum Gasteiger partial charge on any atom is -0.329 e. The lowest BCUT2D eigenvalue weighted by atomic mass is 10.2. The van der Waals surface area contributed by atoms with Crippen molar-refractivity contribution in [2.24, 2.45) is 5.73 Å². The third-order valence-corrected chi connectivity index (χ3v) is 4.39. The minimum atomic E-state index is -3.23. The summed E-state index contributed by atoms with van der Waals surface area (Å²) in [6.07, 6.45) is 0. The Morgan fingerprint density at radius 1 is 1.29 bits per heavy atom. The van der Waals surface area contributed by atoms with Gasteiger partial charge in [0.15, 0.2) is 9.84 Å². The predicted octanol–water partition coefficient (Wildman–Crippen LogP) is 1.12. The number of benzene rings is 1. The van der Waals surface area contributed by atoms with Gasteiger partial charge in [0.1, 0.15) is 0 Å². The van der Waals surface area contributed by atoms with Gasteiger partial charge in [0, 0.05) is 6.54 Å². The maximum Gasteiger partial charge on any atom is 0.182 e.